The first kappa shape index (κ1) is 15.7. The lowest BCUT2D eigenvalue weighted by atomic mass is 10.1. The lowest BCUT2D eigenvalue weighted by Gasteiger charge is -2.27. The molecule has 1 fully saturated rings. The molecule has 6 heteroatoms. The summed E-state index contributed by atoms with van der Waals surface area (Å²) in [5, 5.41) is 3.44. The molecule has 0 aliphatic carbocycles. The van der Waals surface area contributed by atoms with Crippen molar-refractivity contribution in [3.63, 3.8) is 0 Å². The number of pyridine rings is 1. The molecule has 0 bridgehead atoms. The van der Waals surface area contributed by atoms with Crippen LogP contribution in [0, 0.1) is 0 Å². The standard InChI is InChI=1S/C17H23N5O/c1-13(15-7-3-4-8-18-15)22(2)17-10-16(19-12-20-17)21-14-6-5-9-23-11-14/h3-4,7-8,10,12-14H,5-6,9,11H2,1-2H3,(H,19,20,21)/t13-,14-/m1/s1. The smallest absolute Gasteiger partial charge is 0.134 e. The van der Waals surface area contributed by atoms with E-state index in [1.165, 1.54) is 0 Å². The number of hydrogen-bond donors (Lipinski definition) is 1. The number of nitrogens with one attached hydrogen (secondary N) is 1. The molecule has 0 unspecified atom stereocenters. The van der Waals surface area contributed by atoms with Gasteiger partial charge in [-0.3, -0.25) is 4.98 Å². The van der Waals surface area contributed by atoms with Gasteiger partial charge in [0.05, 0.1) is 24.4 Å². The van der Waals surface area contributed by atoms with Gasteiger partial charge < -0.3 is 15.0 Å². The van der Waals surface area contributed by atoms with Crippen molar-refractivity contribution in [1.82, 2.24) is 15.0 Å². The van der Waals surface area contributed by atoms with E-state index in [-0.39, 0.29) is 6.04 Å². The molecular formula is C17H23N5O. The fraction of sp³-hybridized carbons (Fsp3) is 0.471. The lowest BCUT2D eigenvalue weighted by Crippen LogP contribution is -2.30. The molecule has 2 aromatic heterocycles. The van der Waals surface area contributed by atoms with Gasteiger partial charge in [-0.2, -0.15) is 0 Å². The van der Waals surface area contributed by atoms with E-state index in [4.69, 9.17) is 4.74 Å². The van der Waals surface area contributed by atoms with E-state index in [0.29, 0.717) is 6.04 Å². The SMILES string of the molecule is C[C@H](c1ccccn1)N(C)c1cc(N[C@@H]2CCCOC2)ncn1. The predicted octanol–water partition coefficient (Wildman–Crippen LogP) is 2.66. The highest BCUT2D eigenvalue weighted by Crippen LogP contribution is 2.23. The van der Waals surface area contributed by atoms with Crippen molar-refractivity contribution in [3.05, 3.63) is 42.5 Å². The average Bonchev–Trinajstić information content (AvgIpc) is 2.62. The fourth-order valence-corrected chi connectivity index (χ4v) is 2.70. The molecule has 1 saturated heterocycles. The van der Waals surface area contributed by atoms with E-state index in [1.807, 2.05) is 37.5 Å². The third-order valence-corrected chi connectivity index (χ3v) is 4.22. The Morgan fingerprint density at radius 1 is 1.30 bits per heavy atom. The second-order valence-electron chi connectivity index (χ2n) is 5.86. The van der Waals surface area contributed by atoms with Crippen LogP contribution in [0.15, 0.2) is 36.8 Å². The van der Waals surface area contributed by atoms with Crippen LogP contribution in [0.3, 0.4) is 0 Å². The number of ether oxygens (including phenoxy) is 1. The summed E-state index contributed by atoms with van der Waals surface area (Å²) in [7, 11) is 2.02. The molecule has 0 radical (unpaired) electrons. The maximum absolute atomic E-state index is 5.50. The minimum Gasteiger partial charge on any atom is -0.379 e. The van der Waals surface area contributed by atoms with Crippen molar-refractivity contribution in [2.45, 2.75) is 31.8 Å². The summed E-state index contributed by atoms with van der Waals surface area (Å²) in [6.45, 7) is 3.71. The summed E-state index contributed by atoms with van der Waals surface area (Å²) in [4.78, 5) is 15.3. The van der Waals surface area contributed by atoms with E-state index in [0.717, 1.165) is 43.4 Å². The fourth-order valence-electron chi connectivity index (χ4n) is 2.70. The van der Waals surface area contributed by atoms with E-state index < -0.39 is 0 Å². The molecule has 0 aromatic carbocycles. The summed E-state index contributed by atoms with van der Waals surface area (Å²) in [5.74, 6) is 1.71. The second kappa shape index (κ2) is 7.37. The van der Waals surface area contributed by atoms with Crippen LogP contribution in [-0.4, -0.2) is 41.3 Å². The summed E-state index contributed by atoms with van der Waals surface area (Å²) < 4.78 is 5.50. The molecule has 0 spiro atoms. The Hall–Kier alpha value is -2.21. The Bertz CT molecular complexity index is 615. The maximum atomic E-state index is 5.50. The van der Waals surface area contributed by atoms with Crippen molar-refractivity contribution in [3.8, 4) is 0 Å². The number of anilines is 2. The van der Waals surface area contributed by atoms with E-state index in [1.54, 1.807) is 6.33 Å². The van der Waals surface area contributed by atoms with Crippen molar-refractivity contribution >= 4 is 11.6 Å². The monoisotopic (exact) mass is 313 g/mol. The van der Waals surface area contributed by atoms with E-state index in [2.05, 4.69) is 32.1 Å². The summed E-state index contributed by atoms with van der Waals surface area (Å²) in [6.07, 6.45) is 5.62. The van der Waals surface area contributed by atoms with Gasteiger partial charge in [0.2, 0.25) is 0 Å². The van der Waals surface area contributed by atoms with Crippen LogP contribution in [0.2, 0.25) is 0 Å². The zero-order valence-electron chi connectivity index (χ0n) is 13.6. The van der Waals surface area contributed by atoms with Crippen molar-refractivity contribution in [1.29, 1.82) is 0 Å². The van der Waals surface area contributed by atoms with Crippen LogP contribution in [-0.2, 0) is 4.74 Å². The van der Waals surface area contributed by atoms with Crippen LogP contribution in [0.25, 0.3) is 0 Å². The molecule has 0 saturated carbocycles. The van der Waals surface area contributed by atoms with Gasteiger partial charge in [0.25, 0.3) is 0 Å². The van der Waals surface area contributed by atoms with Crippen LogP contribution in [0.4, 0.5) is 11.6 Å². The van der Waals surface area contributed by atoms with Gasteiger partial charge >= 0.3 is 0 Å². The topological polar surface area (TPSA) is 63.2 Å². The maximum Gasteiger partial charge on any atom is 0.134 e. The number of nitrogens with zero attached hydrogens (tertiary/aromatic N) is 4. The highest BCUT2D eigenvalue weighted by Gasteiger charge is 2.17. The summed E-state index contributed by atoms with van der Waals surface area (Å²) in [5.41, 5.74) is 1.02. The first-order chi connectivity index (χ1) is 11.2. The molecule has 1 aliphatic rings. The van der Waals surface area contributed by atoms with Crippen LogP contribution < -0.4 is 10.2 Å². The van der Waals surface area contributed by atoms with Crippen molar-refractivity contribution < 1.29 is 4.74 Å². The molecule has 3 heterocycles. The predicted molar refractivity (Wildman–Crippen MR) is 90.6 cm³/mol. The summed E-state index contributed by atoms with van der Waals surface area (Å²) >= 11 is 0. The van der Waals surface area contributed by atoms with E-state index in [9.17, 15) is 0 Å². The molecule has 23 heavy (non-hydrogen) atoms. The zero-order chi connectivity index (χ0) is 16.1. The van der Waals surface area contributed by atoms with Crippen molar-refractivity contribution in [2.24, 2.45) is 0 Å². The molecular weight excluding hydrogens is 290 g/mol. The molecule has 6 nitrogen and oxygen atoms in total. The van der Waals surface area contributed by atoms with E-state index >= 15 is 0 Å². The van der Waals surface area contributed by atoms with Gasteiger partial charge in [0.1, 0.15) is 18.0 Å². The minimum absolute atomic E-state index is 0.136. The highest BCUT2D eigenvalue weighted by atomic mass is 16.5. The quantitative estimate of drug-likeness (QED) is 0.915. The van der Waals surface area contributed by atoms with Gasteiger partial charge in [-0.25, -0.2) is 9.97 Å². The molecule has 1 aliphatic heterocycles. The Kier molecular flexibility index (Phi) is 5.02. The molecule has 2 aromatic rings. The Labute approximate surface area is 136 Å². The number of rotatable bonds is 5. The summed E-state index contributed by atoms with van der Waals surface area (Å²) in [6, 6.07) is 8.40. The Morgan fingerprint density at radius 2 is 2.22 bits per heavy atom. The largest absolute Gasteiger partial charge is 0.379 e. The third-order valence-electron chi connectivity index (χ3n) is 4.22. The molecule has 1 N–H and O–H groups in total. The average molecular weight is 313 g/mol. The normalized spacial score (nSPS) is 19.1. The number of hydrogen-bond acceptors (Lipinski definition) is 6. The van der Waals surface area contributed by atoms with Crippen LogP contribution >= 0.6 is 0 Å². The van der Waals surface area contributed by atoms with Crippen LogP contribution in [0.5, 0.6) is 0 Å². The Morgan fingerprint density at radius 3 is 2.96 bits per heavy atom. The van der Waals surface area contributed by atoms with Gasteiger partial charge in [0, 0.05) is 25.9 Å². The third kappa shape index (κ3) is 3.96. The Balaban J connectivity index is 1.71. The van der Waals surface area contributed by atoms with Crippen molar-refractivity contribution in [2.75, 3.05) is 30.5 Å². The minimum atomic E-state index is 0.136. The molecule has 122 valence electrons. The van der Waals surface area contributed by atoms with Gasteiger partial charge in [-0.1, -0.05) is 6.07 Å². The highest BCUT2D eigenvalue weighted by molar-refractivity contribution is 5.49. The molecule has 3 rings (SSSR count). The number of aromatic nitrogens is 3. The first-order valence-corrected chi connectivity index (χ1v) is 8.04. The van der Waals surface area contributed by atoms with Gasteiger partial charge in [-0.15, -0.1) is 0 Å². The zero-order valence-corrected chi connectivity index (χ0v) is 13.6. The van der Waals surface area contributed by atoms with Crippen LogP contribution in [0.1, 0.15) is 31.5 Å². The molecule has 0 amide bonds. The molecule has 2 atom stereocenters. The van der Waals surface area contributed by atoms with Gasteiger partial charge in [-0.05, 0) is 31.9 Å². The second-order valence-corrected chi connectivity index (χ2v) is 5.86. The lowest BCUT2D eigenvalue weighted by molar-refractivity contribution is 0.0875. The first-order valence-electron chi connectivity index (χ1n) is 8.04. The van der Waals surface area contributed by atoms with Gasteiger partial charge in [0.15, 0.2) is 0 Å².